The van der Waals surface area contributed by atoms with Crippen LogP contribution in [-0.4, -0.2) is 19.5 Å². The summed E-state index contributed by atoms with van der Waals surface area (Å²) in [4.78, 5) is 16.1. The molecule has 0 fully saturated rings. The van der Waals surface area contributed by atoms with Crippen molar-refractivity contribution in [1.29, 1.82) is 0 Å². The van der Waals surface area contributed by atoms with Crippen molar-refractivity contribution in [3.05, 3.63) is 218 Å². The van der Waals surface area contributed by atoms with Gasteiger partial charge >= 0.3 is 0 Å². The number of fused-ring (bicyclic) bond motifs is 13. The van der Waals surface area contributed by atoms with Gasteiger partial charge in [0.1, 0.15) is 0 Å². The first kappa shape index (κ1) is 36.9. The fourth-order valence-electron chi connectivity index (χ4n) is 10.5. The molecule has 0 aliphatic carbocycles. The lowest BCUT2D eigenvalue weighted by Gasteiger charge is -2.17. The summed E-state index contributed by atoms with van der Waals surface area (Å²) in [7, 11) is 0. The summed E-state index contributed by atoms with van der Waals surface area (Å²) in [6.45, 7) is 0. The maximum atomic E-state index is 5.47. The Bertz CT molecular complexity index is 4250. The van der Waals surface area contributed by atoms with E-state index in [1.54, 1.807) is 0 Å². The van der Waals surface area contributed by atoms with Gasteiger partial charge in [0, 0.05) is 58.6 Å². The number of benzene rings is 11. The Morgan fingerprint density at radius 1 is 0.303 bits per heavy atom. The number of nitrogens with zero attached hydrogens (tertiary/aromatic N) is 4. The number of para-hydroxylation sites is 1. The largest absolute Gasteiger partial charge is 0.309 e. The van der Waals surface area contributed by atoms with Gasteiger partial charge in [-0.05, 0) is 91.8 Å². The molecule has 4 nitrogen and oxygen atoms in total. The predicted octanol–water partition coefficient (Wildman–Crippen LogP) is 16.6. The maximum Gasteiger partial charge on any atom is 0.164 e. The van der Waals surface area contributed by atoms with Gasteiger partial charge in [0.25, 0.3) is 0 Å². The highest BCUT2D eigenvalue weighted by Crippen LogP contribution is 2.46. The Hall–Kier alpha value is -8.51. The first-order valence-corrected chi connectivity index (χ1v) is 23.2. The lowest BCUT2D eigenvalue weighted by molar-refractivity contribution is 1.08. The molecule has 3 aromatic heterocycles. The zero-order chi connectivity index (χ0) is 43.3. The second-order valence-corrected chi connectivity index (χ2v) is 18.2. The molecule has 14 aromatic rings. The van der Waals surface area contributed by atoms with Crippen molar-refractivity contribution in [3.8, 4) is 51.0 Å². The van der Waals surface area contributed by atoms with E-state index in [0.717, 1.165) is 44.4 Å². The van der Waals surface area contributed by atoms with Gasteiger partial charge in [0.15, 0.2) is 17.5 Å². The topological polar surface area (TPSA) is 43.6 Å². The number of rotatable bonds is 5. The van der Waals surface area contributed by atoms with Crippen molar-refractivity contribution >= 4 is 96.4 Å². The third-order valence-electron chi connectivity index (χ3n) is 13.4. The molecule has 0 saturated heterocycles. The Morgan fingerprint density at radius 2 is 0.864 bits per heavy atom. The summed E-state index contributed by atoms with van der Waals surface area (Å²) in [5.41, 5.74) is 8.49. The predicted molar refractivity (Wildman–Crippen MR) is 279 cm³/mol. The first-order chi connectivity index (χ1) is 32.7. The summed E-state index contributed by atoms with van der Waals surface area (Å²) in [6.07, 6.45) is 0. The minimum Gasteiger partial charge on any atom is -0.309 e. The molecule has 0 N–H and O–H groups in total. The standard InChI is InChI=1S/C61H36N4S/c1-2-16-37(17-3-1)59-62-60(64-61(63-59)49-28-14-26-46-43-21-7-6-20-41(43)42-22-8-9-24-45(42)57(46)49)40-32-33-53(51(35-40)47-27-15-31-56-58(47)48-25-11-13-30-55(48)66-56)65-52-29-12-10-23-44(52)50-34-38-18-4-5-19-39(38)36-54(50)65/h1-36H. The van der Waals surface area contributed by atoms with Crippen LogP contribution in [0, 0.1) is 0 Å². The molecule has 0 aliphatic rings. The third kappa shape index (κ3) is 5.60. The minimum absolute atomic E-state index is 0.615. The van der Waals surface area contributed by atoms with Gasteiger partial charge in [-0.15, -0.1) is 11.3 Å². The van der Waals surface area contributed by atoms with Crippen molar-refractivity contribution < 1.29 is 0 Å². The average Bonchev–Trinajstić information content (AvgIpc) is 3.93. The Balaban J connectivity index is 1.08. The molecule has 11 aromatic carbocycles. The van der Waals surface area contributed by atoms with E-state index in [2.05, 4.69) is 205 Å². The van der Waals surface area contributed by atoms with E-state index >= 15 is 0 Å². The summed E-state index contributed by atoms with van der Waals surface area (Å²) in [6, 6.07) is 78.7. The van der Waals surface area contributed by atoms with Crippen LogP contribution in [0.5, 0.6) is 0 Å². The number of thiophene rings is 1. The number of hydrogen-bond donors (Lipinski definition) is 0. The van der Waals surface area contributed by atoms with E-state index < -0.39 is 0 Å². The van der Waals surface area contributed by atoms with Crippen LogP contribution in [0.3, 0.4) is 0 Å². The van der Waals surface area contributed by atoms with Gasteiger partial charge in [0.2, 0.25) is 0 Å². The van der Waals surface area contributed by atoms with Crippen LogP contribution in [0.4, 0.5) is 0 Å². The Kier molecular flexibility index (Phi) is 8.12. The first-order valence-electron chi connectivity index (χ1n) is 22.3. The van der Waals surface area contributed by atoms with Gasteiger partial charge < -0.3 is 4.57 Å². The molecule has 0 aliphatic heterocycles. The summed E-state index contributed by atoms with van der Waals surface area (Å²) in [5, 5.41) is 14.5. The van der Waals surface area contributed by atoms with E-state index in [0.29, 0.717) is 17.5 Å². The van der Waals surface area contributed by atoms with E-state index in [-0.39, 0.29) is 0 Å². The van der Waals surface area contributed by atoms with Crippen LogP contribution >= 0.6 is 11.3 Å². The van der Waals surface area contributed by atoms with Crippen molar-refractivity contribution in [2.24, 2.45) is 0 Å². The van der Waals surface area contributed by atoms with Gasteiger partial charge in [-0.2, -0.15) is 0 Å². The molecular weight excluding hydrogens is 821 g/mol. The molecule has 0 spiro atoms. The van der Waals surface area contributed by atoms with Crippen LogP contribution in [0.15, 0.2) is 218 Å². The van der Waals surface area contributed by atoms with Gasteiger partial charge in [-0.25, -0.2) is 15.0 Å². The molecule has 0 atom stereocenters. The fourth-order valence-corrected chi connectivity index (χ4v) is 11.6. The zero-order valence-corrected chi connectivity index (χ0v) is 36.3. The van der Waals surface area contributed by atoms with E-state index in [4.69, 9.17) is 15.0 Å². The molecule has 306 valence electrons. The normalized spacial score (nSPS) is 11.9. The zero-order valence-electron chi connectivity index (χ0n) is 35.5. The number of hydrogen-bond acceptors (Lipinski definition) is 4. The Morgan fingerprint density at radius 3 is 1.65 bits per heavy atom. The van der Waals surface area contributed by atoms with Crippen molar-refractivity contribution in [2.45, 2.75) is 0 Å². The lowest BCUT2D eigenvalue weighted by atomic mass is 9.91. The van der Waals surface area contributed by atoms with Crippen LogP contribution in [0.25, 0.3) is 136 Å². The van der Waals surface area contributed by atoms with Gasteiger partial charge in [0.05, 0.1) is 16.7 Å². The molecule has 14 rings (SSSR count). The number of aromatic nitrogens is 4. The van der Waals surface area contributed by atoms with Crippen molar-refractivity contribution in [3.63, 3.8) is 0 Å². The molecule has 0 amide bonds. The molecule has 66 heavy (non-hydrogen) atoms. The minimum atomic E-state index is 0.615. The van der Waals surface area contributed by atoms with Crippen LogP contribution < -0.4 is 0 Å². The Labute approximate surface area is 383 Å². The molecule has 0 unspecified atom stereocenters. The molecule has 0 bridgehead atoms. The fraction of sp³-hybridized carbons (Fsp3) is 0. The molecular formula is C61H36N4S. The van der Waals surface area contributed by atoms with E-state index in [1.807, 2.05) is 29.5 Å². The van der Waals surface area contributed by atoms with Crippen molar-refractivity contribution in [2.75, 3.05) is 0 Å². The van der Waals surface area contributed by atoms with Gasteiger partial charge in [-0.1, -0.05) is 170 Å². The third-order valence-corrected chi connectivity index (χ3v) is 14.5. The molecule has 0 saturated carbocycles. The monoisotopic (exact) mass is 856 g/mol. The van der Waals surface area contributed by atoms with Gasteiger partial charge in [-0.3, -0.25) is 0 Å². The second-order valence-electron chi connectivity index (χ2n) is 17.1. The molecule has 3 heterocycles. The summed E-state index contributed by atoms with van der Waals surface area (Å²) in [5.74, 6) is 1.88. The van der Waals surface area contributed by atoms with Crippen LogP contribution in [0.1, 0.15) is 0 Å². The average molecular weight is 857 g/mol. The van der Waals surface area contributed by atoms with Crippen LogP contribution in [-0.2, 0) is 0 Å². The SMILES string of the molecule is c1ccc(-c2nc(-c3ccc(-n4c5ccccc5c5cc6ccccc6cc54)c(-c4cccc5sc6ccccc6c45)c3)nc(-c3cccc4c5ccccc5c5ccccc5c34)n2)cc1. The highest BCUT2D eigenvalue weighted by Gasteiger charge is 2.22. The molecule has 5 heteroatoms. The highest BCUT2D eigenvalue weighted by molar-refractivity contribution is 7.25. The van der Waals surface area contributed by atoms with E-state index in [9.17, 15) is 0 Å². The van der Waals surface area contributed by atoms with E-state index in [1.165, 1.54) is 74.2 Å². The second kappa shape index (κ2) is 14.5. The smallest absolute Gasteiger partial charge is 0.164 e. The lowest BCUT2D eigenvalue weighted by Crippen LogP contribution is -2.02. The highest BCUT2D eigenvalue weighted by atomic mass is 32.1. The van der Waals surface area contributed by atoms with Crippen LogP contribution in [0.2, 0.25) is 0 Å². The quantitative estimate of drug-likeness (QED) is 0.162. The molecule has 0 radical (unpaired) electrons. The summed E-state index contributed by atoms with van der Waals surface area (Å²) >= 11 is 1.84. The van der Waals surface area contributed by atoms with Crippen molar-refractivity contribution in [1.82, 2.24) is 19.5 Å². The summed E-state index contributed by atoms with van der Waals surface area (Å²) < 4.78 is 4.98. The maximum absolute atomic E-state index is 5.47.